The van der Waals surface area contributed by atoms with Gasteiger partial charge in [0.05, 0.1) is 11.9 Å². The number of aryl methyl sites for hydroxylation is 2. The van der Waals surface area contributed by atoms with Crippen LogP contribution in [0.25, 0.3) is 0 Å². The van der Waals surface area contributed by atoms with E-state index in [2.05, 4.69) is 5.32 Å². The van der Waals surface area contributed by atoms with E-state index in [9.17, 15) is 18.0 Å². The molecule has 0 fully saturated rings. The summed E-state index contributed by atoms with van der Waals surface area (Å²) in [7, 11) is -3.72. The monoisotopic (exact) mass is 473 g/mol. The van der Waals surface area contributed by atoms with Crippen molar-refractivity contribution in [1.29, 1.82) is 0 Å². The number of amides is 2. The number of hydrogen-bond donors (Lipinski definition) is 1. The maximum atomic E-state index is 13.4. The van der Waals surface area contributed by atoms with Crippen molar-refractivity contribution in [2.45, 2.75) is 59.7 Å². The molecule has 1 atom stereocenters. The van der Waals surface area contributed by atoms with Crippen molar-refractivity contribution in [3.63, 3.8) is 0 Å². The number of nitrogens with zero attached hydrogens (tertiary/aromatic N) is 2. The molecule has 1 N–H and O–H groups in total. The second-order valence-electron chi connectivity index (χ2n) is 8.64. The van der Waals surface area contributed by atoms with Gasteiger partial charge < -0.3 is 10.2 Å². The molecule has 2 aromatic carbocycles. The second-order valence-corrected chi connectivity index (χ2v) is 10.5. The molecule has 0 heterocycles. The van der Waals surface area contributed by atoms with Gasteiger partial charge >= 0.3 is 0 Å². The van der Waals surface area contributed by atoms with Gasteiger partial charge in [0.15, 0.2) is 0 Å². The molecule has 0 radical (unpaired) electrons. The third kappa shape index (κ3) is 7.60. The van der Waals surface area contributed by atoms with Crippen LogP contribution in [0.2, 0.25) is 0 Å². The Morgan fingerprint density at radius 2 is 1.48 bits per heavy atom. The fourth-order valence-electron chi connectivity index (χ4n) is 3.39. The molecule has 33 heavy (non-hydrogen) atoms. The summed E-state index contributed by atoms with van der Waals surface area (Å²) in [5.74, 6) is -0.740. The van der Waals surface area contributed by atoms with Crippen LogP contribution in [0.5, 0.6) is 0 Å². The molecular formula is C25H35N3O4S. The van der Waals surface area contributed by atoms with E-state index in [1.807, 2.05) is 64.1 Å². The SMILES string of the molecule is CCc1ccc(N(CC(=O)N(Cc2ccc(C)cc2)[C@@H](C)C(=O)NC(C)C)S(C)(=O)=O)cc1. The Kier molecular flexibility index (Phi) is 9.05. The van der Waals surface area contributed by atoms with E-state index in [4.69, 9.17) is 0 Å². The van der Waals surface area contributed by atoms with Gasteiger partial charge in [-0.25, -0.2) is 8.42 Å². The number of nitrogens with one attached hydrogen (secondary N) is 1. The highest BCUT2D eigenvalue weighted by Gasteiger charge is 2.30. The Morgan fingerprint density at radius 1 is 0.939 bits per heavy atom. The summed E-state index contributed by atoms with van der Waals surface area (Å²) < 4.78 is 26.2. The Labute approximate surface area is 197 Å². The predicted octanol–water partition coefficient (Wildman–Crippen LogP) is 3.27. The molecule has 2 rings (SSSR count). The Morgan fingerprint density at radius 3 is 1.97 bits per heavy atom. The first-order chi connectivity index (χ1) is 15.4. The third-order valence-corrected chi connectivity index (χ3v) is 6.52. The van der Waals surface area contributed by atoms with Crippen LogP contribution < -0.4 is 9.62 Å². The van der Waals surface area contributed by atoms with E-state index in [0.717, 1.165) is 33.7 Å². The van der Waals surface area contributed by atoms with Crippen LogP contribution >= 0.6 is 0 Å². The average molecular weight is 474 g/mol. The van der Waals surface area contributed by atoms with E-state index in [1.54, 1.807) is 19.1 Å². The molecule has 0 unspecified atom stereocenters. The Bertz CT molecular complexity index is 1050. The predicted molar refractivity (Wildman–Crippen MR) is 132 cm³/mol. The van der Waals surface area contributed by atoms with Crippen molar-refractivity contribution in [3.05, 3.63) is 65.2 Å². The number of benzene rings is 2. The fraction of sp³-hybridized carbons (Fsp3) is 0.440. The van der Waals surface area contributed by atoms with Crippen molar-refractivity contribution in [3.8, 4) is 0 Å². The summed E-state index contributed by atoms with van der Waals surface area (Å²) >= 11 is 0. The maximum Gasteiger partial charge on any atom is 0.244 e. The first-order valence-corrected chi connectivity index (χ1v) is 13.0. The summed E-state index contributed by atoms with van der Waals surface area (Å²) in [6.07, 6.45) is 1.90. The van der Waals surface area contributed by atoms with Gasteiger partial charge in [-0.3, -0.25) is 13.9 Å². The molecule has 0 spiro atoms. The van der Waals surface area contributed by atoms with Crippen molar-refractivity contribution in [2.24, 2.45) is 0 Å². The highest BCUT2D eigenvalue weighted by atomic mass is 32.2. The van der Waals surface area contributed by atoms with Gasteiger partial charge in [0, 0.05) is 12.6 Å². The number of sulfonamides is 1. The fourth-order valence-corrected chi connectivity index (χ4v) is 4.24. The third-order valence-electron chi connectivity index (χ3n) is 5.38. The van der Waals surface area contributed by atoms with Crippen LogP contribution in [0.1, 0.15) is 44.4 Å². The maximum absolute atomic E-state index is 13.4. The zero-order chi connectivity index (χ0) is 24.8. The van der Waals surface area contributed by atoms with Crippen LogP contribution in [-0.2, 0) is 32.6 Å². The molecule has 0 aliphatic carbocycles. The summed E-state index contributed by atoms with van der Waals surface area (Å²) in [5.41, 5.74) is 3.42. The molecule has 8 heteroatoms. The Balaban J connectivity index is 2.36. The molecule has 0 aliphatic rings. The summed E-state index contributed by atoms with van der Waals surface area (Å²) in [5, 5.41) is 2.84. The molecule has 0 saturated heterocycles. The minimum Gasteiger partial charge on any atom is -0.352 e. The number of hydrogen-bond acceptors (Lipinski definition) is 4. The minimum atomic E-state index is -3.72. The zero-order valence-electron chi connectivity index (χ0n) is 20.3. The van der Waals surface area contributed by atoms with Crippen LogP contribution in [0.3, 0.4) is 0 Å². The molecule has 180 valence electrons. The lowest BCUT2D eigenvalue weighted by atomic mass is 10.1. The average Bonchev–Trinajstić information content (AvgIpc) is 2.75. The van der Waals surface area contributed by atoms with Crippen molar-refractivity contribution in [1.82, 2.24) is 10.2 Å². The second kappa shape index (κ2) is 11.3. The van der Waals surface area contributed by atoms with Crippen molar-refractivity contribution < 1.29 is 18.0 Å². The van der Waals surface area contributed by atoms with E-state index in [1.165, 1.54) is 4.90 Å². The van der Waals surface area contributed by atoms with Crippen LogP contribution in [0.15, 0.2) is 48.5 Å². The summed E-state index contributed by atoms with van der Waals surface area (Å²) in [6.45, 7) is 9.14. The van der Waals surface area contributed by atoms with Gasteiger partial charge in [-0.1, -0.05) is 48.9 Å². The highest BCUT2D eigenvalue weighted by Crippen LogP contribution is 2.20. The number of carbonyl (C=O) groups is 2. The minimum absolute atomic E-state index is 0.0825. The molecule has 2 amide bonds. The Hall–Kier alpha value is -2.87. The molecular weight excluding hydrogens is 438 g/mol. The van der Waals surface area contributed by atoms with Crippen molar-refractivity contribution >= 4 is 27.5 Å². The van der Waals surface area contributed by atoms with E-state index in [-0.39, 0.29) is 18.5 Å². The van der Waals surface area contributed by atoms with Crippen molar-refractivity contribution in [2.75, 3.05) is 17.1 Å². The largest absolute Gasteiger partial charge is 0.352 e. The lowest BCUT2D eigenvalue weighted by molar-refractivity contribution is -0.139. The van der Waals surface area contributed by atoms with E-state index in [0.29, 0.717) is 5.69 Å². The summed E-state index contributed by atoms with van der Waals surface area (Å²) in [6, 6.07) is 13.9. The van der Waals surface area contributed by atoms with Crippen LogP contribution in [0.4, 0.5) is 5.69 Å². The van der Waals surface area contributed by atoms with Gasteiger partial charge in [-0.15, -0.1) is 0 Å². The van der Waals surface area contributed by atoms with E-state index < -0.39 is 28.5 Å². The lowest BCUT2D eigenvalue weighted by Crippen LogP contribution is -2.52. The smallest absolute Gasteiger partial charge is 0.244 e. The lowest BCUT2D eigenvalue weighted by Gasteiger charge is -2.32. The quantitative estimate of drug-likeness (QED) is 0.574. The normalized spacial score (nSPS) is 12.3. The van der Waals surface area contributed by atoms with Crippen LogP contribution in [0, 0.1) is 6.92 Å². The topological polar surface area (TPSA) is 86.8 Å². The zero-order valence-corrected chi connectivity index (χ0v) is 21.1. The van der Waals surface area contributed by atoms with Gasteiger partial charge in [-0.2, -0.15) is 0 Å². The molecule has 2 aromatic rings. The highest BCUT2D eigenvalue weighted by molar-refractivity contribution is 7.92. The first-order valence-electron chi connectivity index (χ1n) is 11.1. The summed E-state index contributed by atoms with van der Waals surface area (Å²) in [4.78, 5) is 27.6. The molecule has 0 aromatic heterocycles. The van der Waals surface area contributed by atoms with Gasteiger partial charge in [0.1, 0.15) is 12.6 Å². The van der Waals surface area contributed by atoms with Crippen LogP contribution in [-0.4, -0.2) is 50.0 Å². The molecule has 0 aliphatic heterocycles. The first kappa shape index (κ1) is 26.4. The van der Waals surface area contributed by atoms with Gasteiger partial charge in [0.25, 0.3) is 0 Å². The number of rotatable bonds is 10. The molecule has 0 saturated carbocycles. The number of anilines is 1. The number of carbonyl (C=O) groups excluding carboxylic acids is 2. The molecule has 7 nitrogen and oxygen atoms in total. The standard InChI is InChI=1S/C25H35N3O4S/c1-7-21-12-14-23(15-13-21)28(33(6,31)32)17-24(29)27(20(5)25(30)26-18(2)3)16-22-10-8-19(4)9-11-22/h8-15,18,20H,7,16-17H2,1-6H3,(H,26,30)/t20-/m0/s1. The van der Waals surface area contributed by atoms with Gasteiger partial charge in [-0.05, 0) is 57.4 Å². The molecule has 0 bridgehead atoms. The van der Waals surface area contributed by atoms with Gasteiger partial charge in [0.2, 0.25) is 21.8 Å². The van der Waals surface area contributed by atoms with E-state index >= 15 is 0 Å².